The summed E-state index contributed by atoms with van der Waals surface area (Å²) in [6.45, 7) is 0.720. The Kier molecular flexibility index (Phi) is 20.8. The van der Waals surface area contributed by atoms with Gasteiger partial charge < -0.3 is 15.0 Å². The third-order valence-corrected chi connectivity index (χ3v) is 8.06. The normalized spacial score (nSPS) is 10.7. The largest absolute Gasteiger partial charge is 0.342 e. The van der Waals surface area contributed by atoms with Gasteiger partial charge >= 0.3 is 0 Å². The van der Waals surface area contributed by atoms with Crippen LogP contribution in [-0.2, 0) is 24.2 Å². The molecule has 27 heteroatoms. The molecule has 1 aliphatic carbocycles. The van der Waals surface area contributed by atoms with Crippen molar-refractivity contribution < 1.29 is 4.79 Å². The summed E-state index contributed by atoms with van der Waals surface area (Å²) in [6, 6.07) is 3.56. The summed E-state index contributed by atoms with van der Waals surface area (Å²) in [5.41, 5.74) is 8.74. The van der Waals surface area contributed by atoms with Gasteiger partial charge in [-0.3, -0.25) is 19.8 Å². The van der Waals surface area contributed by atoms with Gasteiger partial charge in [0.1, 0.15) is 85.6 Å². The lowest BCUT2D eigenvalue weighted by molar-refractivity contribution is -0.117. The molecule has 12 aromatic heterocycles. The van der Waals surface area contributed by atoms with E-state index in [1.807, 2.05) is 0 Å². The first-order valence-corrected chi connectivity index (χ1v) is 20.2. The first kappa shape index (κ1) is 48.8. The predicted molar refractivity (Wildman–Crippen MR) is 249 cm³/mol. The maximum absolute atomic E-state index is 10.8. The van der Waals surface area contributed by atoms with Crippen molar-refractivity contribution in [3.8, 4) is 0 Å². The molecular formula is C43H38N26O. The number of H-pyrrole nitrogens is 3. The van der Waals surface area contributed by atoms with Crippen molar-refractivity contribution in [3.05, 3.63) is 197 Å². The minimum Gasteiger partial charge on any atom is -0.342 e. The highest BCUT2D eigenvalue weighted by molar-refractivity contribution is 5.87. The van der Waals surface area contributed by atoms with Gasteiger partial charge in [-0.1, -0.05) is 0 Å². The number of rotatable bonds is 0. The molecule has 3 N–H and O–H groups in total. The van der Waals surface area contributed by atoms with Crippen LogP contribution in [0.25, 0.3) is 33.5 Å². The molecule has 1 aliphatic heterocycles. The van der Waals surface area contributed by atoms with Crippen LogP contribution in [0.1, 0.15) is 22.5 Å². The summed E-state index contributed by atoms with van der Waals surface area (Å²) < 4.78 is 0. The number of aliphatic imine (C=N–C) groups is 1. The highest BCUT2D eigenvalue weighted by atomic mass is 16.1. The minimum absolute atomic E-state index is 0.246. The van der Waals surface area contributed by atoms with Crippen molar-refractivity contribution in [2.24, 2.45) is 4.99 Å². The number of ketones is 1. The number of hydrogen-bond donors (Lipinski definition) is 3. The van der Waals surface area contributed by atoms with Crippen molar-refractivity contribution in [3.63, 3.8) is 0 Å². The Balaban J connectivity index is 0.000000130. The van der Waals surface area contributed by atoms with Crippen molar-refractivity contribution in [2.75, 3.05) is 0 Å². The van der Waals surface area contributed by atoms with Crippen LogP contribution in [0.4, 0.5) is 0 Å². The summed E-state index contributed by atoms with van der Waals surface area (Å²) >= 11 is 0. The monoisotopic (exact) mass is 934 g/mol. The molecule has 0 saturated heterocycles. The summed E-state index contributed by atoms with van der Waals surface area (Å²) in [7, 11) is 0. The molecule has 346 valence electrons. The zero-order chi connectivity index (χ0) is 48.4. The van der Waals surface area contributed by atoms with E-state index in [1.165, 1.54) is 56.9 Å². The topological polar surface area (TPSA) is 360 Å². The molecule has 14 rings (SSSR count). The van der Waals surface area contributed by atoms with E-state index in [1.54, 1.807) is 124 Å². The number of carbonyl (C=O) groups is 1. The molecule has 0 saturated carbocycles. The maximum atomic E-state index is 10.8. The molecular weight excluding hydrogens is 897 g/mol. The minimum atomic E-state index is 0.246. The number of aromatic nitrogens is 25. The van der Waals surface area contributed by atoms with E-state index in [9.17, 15) is 4.79 Å². The van der Waals surface area contributed by atoms with Crippen LogP contribution < -0.4 is 0 Å². The Morgan fingerprint density at radius 3 is 1.14 bits per heavy atom. The molecule has 0 atom stereocenters. The standard InChI is InChI=1S/C7H6N2O.C6H5N3.3C5H4N4.3C4H4N2.C3H3N3/c10-6-1-5-3-8-4-9-7(5)2-6;1-5-2-8-4-9-6(5)3-7-1;3*1-4-5(8-2-6-1)9-3-7-4;1-2-6-4-3-5-1;2*1-2-5-4-6-3-1;1-4-2-6-3-5-1/h3-4H,1-2H2;1-2,4H,3H2;3*1-3H,(H,6,7,8,9);3*1-4H;1-3H. The lowest BCUT2D eigenvalue weighted by Gasteiger charge is -1.90. The molecule has 0 spiro atoms. The molecule has 12 aromatic rings. The summed E-state index contributed by atoms with van der Waals surface area (Å²) in [6.07, 6.45) is 44.3. The number of aromatic amines is 3. The molecule has 13 heterocycles. The number of carbonyl (C=O) groups excluding carboxylic acids is 1. The summed E-state index contributed by atoms with van der Waals surface area (Å²) in [5, 5.41) is 0. The lowest BCUT2D eigenvalue weighted by atomic mass is 10.3. The fourth-order valence-corrected chi connectivity index (χ4v) is 5.03. The van der Waals surface area contributed by atoms with E-state index in [4.69, 9.17) is 0 Å². The molecule has 0 radical (unpaired) electrons. The fraction of sp³-hybridized carbons (Fsp3) is 0.0698. The number of fused-ring (bicyclic) bond motifs is 5. The third kappa shape index (κ3) is 18.1. The van der Waals surface area contributed by atoms with E-state index in [-0.39, 0.29) is 5.78 Å². The van der Waals surface area contributed by atoms with Gasteiger partial charge in [-0.2, -0.15) is 0 Å². The van der Waals surface area contributed by atoms with Crippen LogP contribution in [0.5, 0.6) is 0 Å². The molecule has 27 nitrogen and oxygen atoms in total. The van der Waals surface area contributed by atoms with E-state index in [0.29, 0.717) is 29.8 Å². The number of nitrogens with one attached hydrogen (secondary N) is 3. The Morgan fingerprint density at radius 2 is 0.771 bits per heavy atom. The van der Waals surface area contributed by atoms with E-state index >= 15 is 0 Å². The second kappa shape index (κ2) is 29.8. The van der Waals surface area contributed by atoms with Gasteiger partial charge in [0, 0.05) is 86.6 Å². The summed E-state index contributed by atoms with van der Waals surface area (Å²) in [4.78, 5) is 107. The zero-order valence-electron chi connectivity index (χ0n) is 36.6. The van der Waals surface area contributed by atoms with E-state index in [0.717, 1.165) is 45.6 Å². The molecule has 0 amide bonds. The van der Waals surface area contributed by atoms with Gasteiger partial charge in [-0.15, -0.1) is 0 Å². The van der Waals surface area contributed by atoms with Crippen molar-refractivity contribution in [2.45, 2.75) is 19.4 Å². The van der Waals surface area contributed by atoms with E-state index < -0.39 is 0 Å². The van der Waals surface area contributed by atoms with Gasteiger partial charge in [-0.25, -0.2) is 99.7 Å². The Bertz CT molecular complexity index is 2750. The lowest BCUT2D eigenvalue weighted by Crippen LogP contribution is -1.93. The van der Waals surface area contributed by atoms with Crippen molar-refractivity contribution in [1.29, 1.82) is 0 Å². The molecule has 0 bridgehead atoms. The SMILES string of the molecule is C1=NCc2ncncc21.O=C1Cc2cncnc2C1.c1cnccn1.c1cncnc1.c1cncnc1.c1ncc2[nH]cnc2n1.c1ncc2[nH]cnc2n1.c1ncc2[nH]cnc2n1.c1ncncn1. The number of nitrogens with zero attached hydrogens (tertiary/aromatic N) is 23. The molecule has 70 heavy (non-hydrogen) atoms. The summed E-state index contributed by atoms with van der Waals surface area (Å²) in [5.74, 6) is 0.246. The Morgan fingerprint density at radius 1 is 0.357 bits per heavy atom. The molecule has 0 aromatic carbocycles. The van der Waals surface area contributed by atoms with Crippen LogP contribution in [0.15, 0.2) is 180 Å². The van der Waals surface area contributed by atoms with Gasteiger partial charge in [-0.05, 0) is 17.7 Å². The smallest absolute Gasteiger partial charge is 0.180 e. The Hall–Kier alpha value is -10.6. The average molecular weight is 935 g/mol. The van der Waals surface area contributed by atoms with E-state index in [2.05, 4.69) is 130 Å². The van der Waals surface area contributed by atoms with Crippen LogP contribution in [0.3, 0.4) is 0 Å². The second-order valence-corrected chi connectivity index (χ2v) is 12.8. The zero-order valence-corrected chi connectivity index (χ0v) is 36.6. The van der Waals surface area contributed by atoms with Crippen LogP contribution in [-0.4, -0.2) is 137 Å². The quantitative estimate of drug-likeness (QED) is 0.197. The van der Waals surface area contributed by atoms with Gasteiger partial charge in [0.15, 0.2) is 16.9 Å². The molecule has 0 fully saturated rings. The number of Topliss-reactive ketones (excluding diaryl/α,β-unsaturated/α-hetero) is 1. The van der Waals surface area contributed by atoms with Crippen LogP contribution >= 0.6 is 0 Å². The van der Waals surface area contributed by atoms with Gasteiger partial charge in [0.2, 0.25) is 0 Å². The maximum Gasteiger partial charge on any atom is 0.180 e. The third-order valence-electron chi connectivity index (χ3n) is 8.06. The number of imidazole rings is 3. The Labute approximate surface area is 395 Å². The molecule has 2 aliphatic rings. The van der Waals surface area contributed by atoms with Gasteiger partial charge in [0.05, 0.1) is 55.5 Å². The predicted octanol–water partition coefficient (Wildman–Crippen LogP) is 2.91. The highest BCUT2D eigenvalue weighted by Crippen LogP contribution is 2.14. The first-order valence-electron chi connectivity index (χ1n) is 20.2. The van der Waals surface area contributed by atoms with Crippen molar-refractivity contribution in [1.82, 2.24) is 125 Å². The first-order chi connectivity index (χ1) is 34.7. The average Bonchev–Trinajstić information content (AvgIpc) is 4.33. The van der Waals surface area contributed by atoms with Crippen LogP contribution in [0, 0.1) is 0 Å². The number of hydrogen-bond acceptors (Lipinski definition) is 24. The highest BCUT2D eigenvalue weighted by Gasteiger charge is 2.18. The molecule has 0 unspecified atom stereocenters. The fourth-order valence-electron chi connectivity index (χ4n) is 5.03. The van der Waals surface area contributed by atoms with Crippen molar-refractivity contribution >= 4 is 45.5 Å². The van der Waals surface area contributed by atoms with Crippen LogP contribution in [0.2, 0.25) is 0 Å². The second-order valence-electron chi connectivity index (χ2n) is 12.8. The van der Waals surface area contributed by atoms with Gasteiger partial charge in [0.25, 0.3) is 0 Å².